The van der Waals surface area contributed by atoms with Gasteiger partial charge in [0.1, 0.15) is 5.54 Å². The Labute approximate surface area is 150 Å². The summed E-state index contributed by atoms with van der Waals surface area (Å²) in [5.41, 5.74) is -0.991. The number of nitrogens with zero attached hydrogens (tertiary/aromatic N) is 1. The van der Waals surface area contributed by atoms with Crippen LogP contribution in [0.2, 0.25) is 0 Å². The van der Waals surface area contributed by atoms with Crippen molar-refractivity contribution in [2.24, 2.45) is 0 Å². The van der Waals surface area contributed by atoms with Crippen molar-refractivity contribution in [1.82, 2.24) is 4.90 Å². The van der Waals surface area contributed by atoms with Gasteiger partial charge in [-0.2, -0.15) is 0 Å². The molecule has 1 rings (SSSR count). The number of carbonyl (C=O) groups excluding carboxylic acids is 3. The maximum absolute atomic E-state index is 12.7. The lowest BCUT2D eigenvalue weighted by Gasteiger charge is -2.43. The van der Waals surface area contributed by atoms with Crippen molar-refractivity contribution in [1.29, 1.82) is 0 Å². The minimum atomic E-state index is -0.991. The molecule has 0 unspecified atom stereocenters. The van der Waals surface area contributed by atoms with E-state index in [1.165, 1.54) is 4.90 Å². The summed E-state index contributed by atoms with van der Waals surface area (Å²) in [5.74, 6) is -0.681. The molecule has 1 aliphatic rings. The van der Waals surface area contributed by atoms with E-state index >= 15 is 0 Å². The van der Waals surface area contributed by atoms with Crippen molar-refractivity contribution in [3.8, 4) is 0 Å². The zero-order valence-electron chi connectivity index (χ0n) is 15.7. The summed E-state index contributed by atoms with van der Waals surface area (Å²) in [4.78, 5) is 38.3. The normalized spacial score (nSPS) is 16.0. The SMILES string of the molecule is CCOC(=O)CCCN(C(=O)OCC)C1(C(=O)OCC)CCCCC1. The first-order valence-electron chi connectivity index (χ1n) is 9.29. The molecule has 7 nitrogen and oxygen atoms in total. The minimum absolute atomic E-state index is 0.197. The first-order valence-corrected chi connectivity index (χ1v) is 9.29. The fraction of sp³-hybridized carbons (Fsp3) is 0.833. The first-order chi connectivity index (χ1) is 12.0. The van der Waals surface area contributed by atoms with Crippen LogP contribution in [0.25, 0.3) is 0 Å². The number of esters is 2. The van der Waals surface area contributed by atoms with Gasteiger partial charge in [-0.15, -0.1) is 0 Å². The molecule has 1 aliphatic carbocycles. The van der Waals surface area contributed by atoms with Gasteiger partial charge >= 0.3 is 18.0 Å². The summed E-state index contributed by atoms with van der Waals surface area (Å²) in [6, 6.07) is 0. The molecule has 0 aromatic rings. The highest BCUT2D eigenvalue weighted by Crippen LogP contribution is 2.36. The van der Waals surface area contributed by atoms with Crippen molar-refractivity contribution in [3.63, 3.8) is 0 Å². The molecule has 0 spiro atoms. The number of hydrogen-bond acceptors (Lipinski definition) is 6. The van der Waals surface area contributed by atoms with Crippen LogP contribution in [0.3, 0.4) is 0 Å². The zero-order chi connectivity index (χ0) is 18.7. The van der Waals surface area contributed by atoms with E-state index in [1.54, 1.807) is 20.8 Å². The third kappa shape index (κ3) is 5.90. The average Bonchev–Trinajstić information content (AvgIpc) is 2.60. The topological polar surface area (TPSA) is 82.1 Å². The van der Waals surface area contributed by atoms with Gasteiger partial charge in [0, 0.05) is 13.0 Å². The largest absolute Gasteiger partial charge is 0.466 e. The van der Waals surface area contributed by atoms with E-state index in [0.29, 0.717) is 25.9 Å². The Morgan fingerprint density at radius 3 is 2.04 bits per heavy atom. The molecule has 0 aromatic heterocycles. The molecular weight excluding hydrogens is 326 g/mol. The first kappa shape index (κ1) is 21.3. The highest BCUT2D eigenvalue weighted by Gasteiger charge is 2.48. The standard InChI is InChI=1S/C18H31NO6/c1-4-23-15(20)11-10-14-19(17(22)25-6-3)18(16(21)24-5-2)12-8-7-9-13-18/h4-14H2,1-3H3. The van der Waals surface area contributed by atoms with Crippen molar-refractivity contribution < 1.29 is 28.6 Å². The van der Waals surface area contributed by atoms with Gasteiger partial charge in [-0.25, -0.2) is 9.59 Å². The minimum Gasteiger partial charge on any atom is -0.466 e. The molecule has 25 heavy (non-hydrogen) atoms. The van der Waals surface area contributed by atoms with Gasteiger partial charge < -0.3 is 14.2 Å². The maximum atomic E-state index is 12.7. The number of ether oxygens (including phenoxy) is 3. The van der Waals surface area contributed by atoms with Crippen LogP contribution in [0, 0.1) is 0 Å². The van der Waals surface area contributed by atoms with Crippen molar-refractivity contribution in [3.05, 3.63) is 0 Å². The molecule has 0 radical (unpaired) electrons. The maximum Gasteiger partial charge on any atom is 0.410 e. The number of amides is 1. The molecule has 0 bridgehead atoms. The molecule has 0 N–H and O–H groups in total. The van der Waals surface area contributed by atoms with Gasteiger partial charge in [0.15, 0.2) is 0 Å². The van der Waals surface area contributed by atoms with Crippen molar-refractivity contribution in [2.75, 3.05) is 26.4 Å². The fourth-order valence-corrected chi connectivity index (χ4v) is 3.28. The Morgan fingerprint density at radius 1 is 0.880 bits per heavy atom. The van der Waals surface area contributed by atoms with E-state index in [2.05, 4.69) is 0 Å². The zero-order valence-corrected chi connectivity index (χ0v) is 15.7. The Kier molecular flexibility index (Phi) is 9.31. The molecule has 0 aromatic carbocycles. The molecule has 0 atom stereocenters. The van der Waals surface area contributed by atoms with E-state index in [1.807, 2.05) is 0 Å². The van der Waals surface area contributed by atoms with E-state index in [-0.39, 0.29) is 38.1 Å². The monoisotopic (exact) mass is 357 g/mol. The third-order valence-electron chi connectivity index (χ3n) is 4.41. The highest BCUT2D eigenvalue weighted by molar-refractivity contribution is 5.86. The number of carbonyl (C=O) groups is 3. The van der Waals surface area contributed by atoms with Gasteiger partial charge in [0.2, 0.25) is 0 Å². The van der Waals surface area contributed by atoms with Gasteiger partial charge in [0.25, 0.3) is 0 Å². The predicted octanol–water partition coefficient (Wildman–Crippen LogP) is 3.05. The van der Waals surface area contributed by atoms with E-state index in [4.69, 9.17) is 14.2 Å². The molecule has 0 aliphatic heterocycles. The Morgan fingerprint density at radius 2 is 1.48 bits per heavy atom. The quantitative estimate of drug-likeness (QED) is 0.466. The van der Waals surface area contributed by atoms with Gasteiger partial charge in [-0.1, -0.05) is 19.3 Å². The summed E-state index contributed by atoms with van der Waals surface area (Å²) in [7, 11) is 0. The number of rotatable bonds is 9. The second-order valence-electron chi connectivity index (χ2n) is 6.07. The molecule has 0 heterocycles. The van der Waals surface area contributed by atoms with E-state index in [0.717, 1.165) is 19.3 Å². The highest BCUT2D eigenvalue weighted by atomic mass is 16.6. The van der Waals surface area contributed by atoms with Gasteiger partial charge in [-0.3, -0.25) is 9.69 Å². The summed E-state index contributed by atoms with van der Waals surface area (Å²) >= 11 is 0. The molecule has 1 saturated carbocycles. The second kappa shape index (κ2) is 10.9. The average molecular weight is 357 g/mol. The van der Waals surface area contributed by atoms with Crippen LogP contribution in [-0.2, 0) is 23.8 Å². The van der Waals surface area contributed by atoms with Crippen LogP contribution in [0.4, 0.5) is 4.79 Å². The van der Waals surface area contributed by atoms with Gasteiger partial charge in [-0.05, 0) is 40.0 Å². The van der Waals surface area contributed by atoms with Crippen LogP contribution in [0.1, 0.15) is 65.7 Å². The lowest BCUT2D eigenvalue weighted by molar-refractivity contribution is -0.159. The molecule has 7 heteroatoms. The fourth-order valence-electron chi connectivity index (χ4n) is 3.28. The molecule has 0 saturated heterocycles. The smallest absolute Gasteiger partial charge is 0.410 e. The van der Waals surface area contributed by atoms with Crippen LogP contribution in [-0.4, -0.2) is 54.8 Å². The van der Waals surface area contributed by atoms with Crippen LogP contribution in [0.15, 0.2) is 0 Å². The van der Waals surface area contributed by atoms with Crippen LogP contribution in [0.5, 0.6) is 0 Å². The lowest BCUT2D eigenvalue weighted by Crippen LogP contribution is -2.59. The summed E-state index contributed by atoms with van der Waals surface area (Å²) < 4.78 is 15.4. The molecular formula is C18H31NO6. The van der Waals surface area contributed by atoms with Crippen LogP contribution >= 0.6 is 0 Å². The molecule has 1 fully saturated rings. The number of hydrogen-bond donors (Lipinski definition) is 0. The van der Waals surface area contributed by atoms with Crippen LogP contribution < -0.4 is 0 Å². The van der Waals surface area contributed by atoms with Crippen molar-refractivity contribution >= 4 is 18.0 Å². The third-order valence-corrected chi connectivity index (χ3v) is 4.41. The summed E-state index contributed by atoms with van der Waals surface area (Å²) in [6.07, 6.45) is 3.94. The summed E-state index contributed by atoms with van der Waals surface area (Å²) in [6.45, 7) is 6.31. The Bertz CT molecular complexity index is 445. The predicted molar refractivity (Wildman–Crippen MR) is 92.0 cm³/mol. The molecule has 1 amide bonds. The Hall–Kier alpha value is -1.79. The van der Waals surface area contributed by atoms with E-state index < -0.39 is 11.6 Å². The Balaban J connectivity index is 2.93. The van der Waals surface area contributed by atoms with Crippen molar-refractivity contribution in [2.45, 2.75) is 71.3 Å². The molecule has 144 valence electrons. The lowest BCUT2D eigenvalue weighted by atomic mass is 9.80. The van der Waals surface area contributed by atoms with Gasteiger partial charge in [0.05, 0.1) is 19.8 Å². The van der Waals surface area contributed by atoms with E-state index in [9.17, 15) is 14.4 Å². The second-order valence-corrected chi connectivity index (χ2v) is 6.07. The summed E-state index contributed by atoms with van der Waals surface area (Å²) in [5, 5.41) is 0.